The first-order valence-electron chi connectivity index (χ1n) is 11.2. The Morgan fingerprint density at radius 1 is 1.31 bits per heavy atom. The van der Waals surface area contributed by atoms with E-state index >= 15 is 0 Å². The first-order chi connectivity index (χ1) is 17.1. The second kappa shape index (κ2) is 10.2. The van der Waals surface area contributed by atoms with E-state index in [9.17, 15) is 19.1 Å². The average Bonchev–Trinajstić information content (AvgIpc) is 3.44. The molecule has 190 valence electrons. The molecule has 1 fully saturated rings. The van der Waals surface area contributed by atoms with Crippen molar-refractivity contribution >= 4 is 17.9 Å². The molecule has 0 radical (unpaired) electrons. The van der Waals surface area contributed by atoms with Crippen molar-refractivity contribution in [1.29, 1.82) is 0 Å². The van der Waals surface area contributed by atoms with Crippen LogP contribution < -0.4 is 10.2 Å². The Labute approximate surface area is 206 Å². The Hall–Kier alpha value is -4.13. The number of hydrogen-bond acceptors (Lipinski definition) is 9. The number of amides is 2. The molecule has 36 heavy (non-hydrogen) atoms. The van der Waals surface area contributed by atoms with Gasteiger partial charge in [-0.05, 0) is 55.5 Å². The number of tetrazole rings is 1. The van der Waals surface area contributed by atoms with Gasteiger partial charge in [-0.25, -0.2) is 18.7 Å². The summed E-state index contributed by atoms with van der Waals surface area (Å²) >= 11 is 0. The number of cyclic esters (lactones) is 1. The van der Waals surface area contributed by atoms with Crippen LogP contribution in [0.4, 0.5) is 19.7 Å². The maximum Gasteiger partial charge on any atom is 0.414 e. The predicted molar refractivity (Wildman–Crippen MR) is 125 cm³/mol. The van der Waals surface area contributed by atoms with Crippen LogP contribution in [0.15, 0.2) is 36.5 Å². The first-order valence-corrected chi connectivity index (χ1v) is 11.2. The maximum atomic E-state index is 14.9. The van der Waals surface area contributed by atoms with E-state index in [1.165, 1.54) is 21.8 Å². The number of halogens is 1. The van der Waals surface area contributed by atoms with Crippen LogP contribution in [0.3, 0.4) is 0 Å². The molecule has 3 heterocycles. The van der Waals surface area contributed by atoms with Crippen molar-refractivity contribution in [2.24, 2.45) is 0 Å². The fourth-order valence-electron chi connectivity index (χ4n) is 3.54. The van der Waals surface area contributed by atoms with E-state index in [0.717, 1.165) is 0 Å². The number of pyridine rings is 1. The molecular formula is C23H26FN7O5. The van der Waals surface area contributed by atoms with E-state index in [0.29, 0.717) is 28.3 Å². The van der Waals surface area contributed by atoms with Crippen molar-refractivity contribution in [1.82, 2.24) is 30.5 Å². The fourth-order valence-corrected chi connectivity index (χ4v) is 3.54. The normalized spacial score (nSPS) is 15.6. The lowest BCUT2D eigenvalue weighted by atomic mass is 10.1. The topological polar surface area (TPSA) is 145 Å². The summed E-state index contributed by atoms with van der Waals surface area (Å²) in [5.74, 6) is -0.158. The monoisotopic (exact) mass is 499 g/mol. The lowest BCUT2D eigenvalue weighted by molar-refractivity contribution is 0.0525. The molecule has 0 saturated carbocycles. The van der Waals surface area contributed by atoms with Crippen molar-refractivity contribution in [2.75, 3.05) is 24.6 Å². The van der Waals surface area contributed by atoms with Gasteiger partial charge in [-0.2, -0.15) is 0 Å². The van der Waals surface area contributed by atoms with Crippen molar-refractivity contribution in [3.05, 3.63) is 42.3 Å². The van der Waals surface area contributed by atoms with Crippen LogP contribution in [0.1, 0.15) is 20.8 Å². The summed E-state index contributed by atoms with van der Waals surface area (Å²) in [4.78, 5) is 29.4. The number of aliphatic hydroxyl groups excluding tert-OH is 1. The van der Waals surface area contributed by atoms with Crippen LogP contribution in [-0.4, -0.2) is 73.9 Å². The first kappa shape index (κ1) is 25.0. The van der Waals surface area contributed by atoms with Gasteiger partial charge in [0.1, 0.15) is 23.2 Å². The molecule has 12 nitrogen and oxygen atoms in total. The summed E-state index contributed by atoms with van der Waals surface area (Å²) in [7, 11) is 0. The predicted octanol–water partition coefficient (Wildman–Crippen LogP) is 2.38. The minimum absolute atomic E-state index is 0.145. The standard InChI is InChI=1S/C23H26FN7O5/c1-23(2,3)36-21(33)25-8-9-31-20(27-28-29-31)19-7-4-14(11-26-19)17-6-5-15(10-18(17)24)30-12-16(13-32)35-22(30)34/h4-7,10-11,16,32H,8-9,12-13H2,1-3H3,(H,25,33)/t16-/m1/s1. The van der Waals surface area contributed by atoms with Crippen molar-refractivity contribution < 1.29 is 28.6 Å². The summed E-state index contributed by atoms with van der Waals surface area (Å²) in [5.41, 5.74) is 1.02. The van der Waals surface area contributed by atoms with E-state index in [2.05, 4.69) is 25.8 Å². The maximum absolute atomic E-state index is 14.9. The summed E-state index contributed by atoms with van der Waals surface area (Å²) < 4.78 is 26.6. The Balaban J connectivity index is 1.43. The van der Waals surface area contributed by atoms with Gasteiger partial charge in [0.2, 0.25) is 5.82 Å². The Morgan fingerprint density at radius 3 is 2.75 bits per heavy atom. The molecule has 2 aromatic heterocycles. The molecule has 2 amide bonds. The summed E-state index contributed by atoms with van der Waals surface area (Å²) in [6.45, 7) is 5.70. The third kappa shape index (κ3) is 5.74. The van der Waals surface area contributed by atoms with Crippen LogP contribution in [0.25, 0.3) is 22.6 Å². The zero-order valence-electron chi connectivity index (χ0n) is 20.0. The molecule has 0 aliphatic carbocycles. The molecule has 1 aliphatic heterocycles. The van der Waals surface area contributed by atoms with Gasteiger partial charge in [-0.15, -0.1) is 5.10 Å². The minimum Gasteiger partial charge on any atom is -0.444 e. The van der Waals surface area contributed by atoms with Crippen LogP contribution in [0.5, 0.6) is 0 Å². The van der Waals surface area contributed by atoms with Gasteiger partial charge in [-0.1, -0.05) is 6.07 Å². The molecule has 4 rings (SSSR count). The fraction of sp³-hybridized carbons (Fsp3) is 0.391. The number of anilines is 1. The van der Waals surface area contributed by atoms with E-state index < -0.39 is 29.7 Å². The Bertz CT molecular complexity index is 1240. The van der Waals surface area contributed by atoms with Crippen molar-refractivity contribution in [3.8, 4) is 22.6 Å². The number of ether oxygens (including phenoxy) is 2. The molecule has 13 heteroatoms. The average molecular weight is 500 g/mol. The highest BCUT2D eigenvalue weighted by Crippen LogP contribution is 2.29. The second-order valence-electron chi connectivity index (χ2n) is 9.05. The van der Waals surface area contributed by atoms with Gasteiger partial charge >= 0.3 is 12.2 Å². The smallest absolute Gasteiger partial charge is 0.414 e. The minimum atomic E-state index is -0.637. The third-order valence-corrected chi connectivity index (χ3v) is 5.17. The van der Waals surface area contributed by atoms with Gasteiger partial charge in [0, 0.05) is 23.9 Å². The summed E-state index contributed by atoms with van der Waals surface area (Å²) in [5, 5.41) is 23.4. The second-order valence-corrected chi connectivity index (χ2v) is 9.05. The number of carbonyl (C=O) groups excluding carboxylic acids is 2. The van der Waals surface area contributed by atoms with Gasteiger partial charge in [0.15, 0.2) is 0 Å². The van der Waals surface area contributed by atoms with Crippen molar-refractivity contribution in [3.63, 3.8) is 0 Å². The number of benzene rings is 1. The highest BCUT2D eigenvalue weighted by molar-refractivity contribution is 5.90. The number of aromatic nitrogens is 5. The number of alkyl carbamates (subject to hydrolysis) is 1. The quantitative estimate of drug-likeness (QED) is 0.500. The summed E-state index contributed by atoms with van der Waals surface area (Å²) in [6.07, 6.45) is -0.313. The van der Waals surface area contributed by atoms with Gasteiger partial charge in [-0.3, -0.25) is 9.88 Å². The number of nitrogens with zero attached hydrogens (tertiary/aromatic N) is 6. The van der Waals surface area contributed by atoms with Crippen LogP contribution in [-0.2, 0) is 16.0 Å². The Morgan fingerprint density at radius 2 is 2.11 bits per heavy atom. The van der Waals surface area contributed by atoms with E-state index in [1.807, 2.05) is 0 Å². The largest absolute Gasteiger partial charge is 0.444 e. The van der Waals surface area contributed by atoms with E-state index in [1.54, 1.807) is 45.0 Å². The lowest BCUT2D eigenvalue weighted by Gasteiger charge is -2.19. The van der Waals surface area contributed by atoms with Crippen LogP contribution in [0.2, 0.25) is 0 Å². The number of rotatable bonds is 7. The summed E-state index contributed by atoms with van der Waals surface area (Å²) in [6, 6.07) is 7.74. The van der Waals surface area contributed by atoms with Crippen molar-refractivity contribution in [2.45, 2.75) is 39.0 Å². The molecule has 0 bridgehead atoms. The molecule has 2 N–H and O–H groups in total. The number of hydrogen-bond donors (Lipinski definition) is 2. The van der Waals surface area contributed by atoms with Crippen LogP contribution in [0, 0.1) is 5.82 Å². The zero-order valence-corrected chi connectivity index (χ0v) is 20.0. The zero-order chi connectivity index (χ0) is 25.9. The molecule has 1 aliphatic rings. The molecule has 1 saturated heterocycles. The highest BCUT2D eigenvalue weighted by atomic mass is 19.1. The number of carbonyl (C=O) groups is 2. The van der Waals surface area contributed by atoms with Gasteiger partial charge in [0.25, 0.3) is 0 Å². The van der Waals surface area contributed by atoms with Crippen LogP contribution >= 0.6 is 0 Å². The number of nitrogens with one attached hydrogen (secondary N) is 1. The molecule has 0 unspecified atom stereocenters. The van der Waals surface area contributed by atoms with E-state index in [-0.39, 0.29) is 26.2 Å². The Kier molecular flexibility index (Phi) is 7.10. The van der Waals surface area contributed by atoms with Gasteiger partial charge in [0.05, 0.1) is 25.4 Å². The third-order valence-electron chi connectivity index (χ3n) is 5.17. The highest BCUT2D eigenvalue weighted by Gasteiger charge is 2.32. The molecular weight excluding hydrogens is 473 g/mol. The lowest BCUT2D eigenvalue weighted by Crippen LogP contribution is -2.34. The number of aliphatic hydroxyl groups is 1. The van der Waals surface area contributed by atoms with Gasteiger partial charge < -0.3 is 19.9 Å². The van der Waals surface area contributed by atoms with E-state index in [4.69, 9.17) is 9.47 Å². The molecule has 3 aromatic rings. The molecule has 1 atom stereocenters. The molecule has 0 spiro atoms. The SMILES string of the molecule is CC(C)(C)OC(=O)NCCn1nnnc1-c1ccc(-c2ccc(N3C[C@H](CO)OC3=O)cc2F)cn1. The molecule has 1 aromatic carbocycles.